The first-order valence-electron chi connectivity index (χ1n) is 23.0. The first kappa shape index (κ1) is 42.4. The number of hydrogen-bond donors (Lipinski definition) is 0. The lowest BCUT2D eigenvalue weighted by atomic mass is 9.47. The molecule has 0 spiro atoms. The Labute approximate surface area is 330 Å². The van der Waals surface area contributed by atoms with Crippen LogP contribution >= 0.6 is 0 Å². The van der Waals surface area contributed by atoms with Crippen LogP contribution in [-0.2, 0) is 28.5 Å². The van der Waals surface area contributed by atoms with Crippen LogP contribution in [0.2, 0.25) is 0 Å². The van der Waals surface area contributed by atoms with Crippen LogP contribution in [0.15, 0.2) is 23.8 Å². The Morgan fingerprint density at radius 3 is 2.46 bits per heavy atom. The van der Waals surface area contributed by atoms with Crippen molar-refractivity contribution < 1.29 is 28.5 Å². The average Bonchev–Trinajstić information content (AvgIpc) is 3.68. The molecule has 0 amide bonds. The van der Waals surface area contributed by atoms with Crippen molar-refractivity contribution in [3.63, 3.8) is 0 Å². The Kier molecular flexibility index (Phi) is 14.9. The van der Waals surface area contributed by atoms with E-state index in [1.54, 1.807) is 5.57 Å². The summed E-state index contributed by atoms with van der Waals surface area (Å²) in [5.41, 5.74) is 2.45. The second-order valence-corrected chi connectivity index (χ2v) is 20.2. The van der Waals surface area contributed by atoms with Crippen LogP contribution < -0.4 is 0 Å². The molecule has 2 saturated heterocycles. The topological polar surface area (TPSA) is 63.2 Å². The van der Waals surface area contributed by atoms with Crippen molar-refractivity contribution in [2.45, 2.75) is 214 Å². The van der Waals surface area contributed by atoms with Crippen molar-refractivity contribution in [1.82, 2.24) is 0 Å². The molecule has 2 heterocycles. The molecule has 0 radical (unpaired) electrons. The van der Waals surface area contributed by atoms with Gasteiger partial charge in [0.15, 0.2) is 12.1 Å². The molecule has 6 aliphatic rings. The highest BCUT2D eigenvalue weighted by molar-refractivity contribution is 5.69. The lowest BCUT2D eigenvalue weighted by molar-refractivity contribution is -0.179. The maximum Gasteiger partial charge on any atom is 0.306 e. The second-order valence-electron chi connectivity index (χ2n) is 20.2. The highest BCUT2D eigenvalue weighted by atomic mass is 16.7. The summed E-state index contributed by atoms with van der Waals surface area (Å²) >= 11 is 0. The van der Waals surface area contributed by atoms with Gasteiger partial charge in [-0.2, -0.15) is 0 Å². The molecule has 0 aromatic heterocycles. The minimum absolute atomic E-state index is 0.0122. The molecular formula is C48H80O6. The van der Waals surface area contributed by atoms with Crippen molar-refractivity contribution in [1.29, 1.82) is 0 Å². The number of unbranched alkanes of at least 4 members (excludes halogenated alkanes) is 4. The molecule has 4 aliphatic carbocycles. The van der Waals surface area contributed by atoms with Crippen LogP contribution in [0.4, 0.5) is 0 Å². The van der Waals surface area contributed by atoms with Crippen LogP contribution in [0.3, 0.4) is 0 Å². The summed E-state index contributed by atoms with van der Waals surface area (Å²) in [5.74, 6) is 4.63. The molecule has 2 unspecified atom stereocenters. The molecule has 11 atom stereocenters. The molecule has 0 aromatic rings. The van der Waals surface area contributed by atoms with Gasteiger partial charge in [0, 0.05) is 19.4 Å². The van der Waals surface area contributed by atoms with Gasteiger partial charge in [-0.3, -0.25) is 4.79 Å². The van der Waals surface area contributed by atoms with Gasteiger partial charge in [0.25, 0.3) is 0 Å². The third-order valence-electron chi connectivity index (χ3n) is 15.5. The molecule has 0 N–H and O–H groups in total. The third-order valence-corrected chi connectivity index (χ3v) is 15.5. The predicted octanol–water partition coefficient (Wildman–Crippen LogP) is 12.3. The van der Waals surface area contributed by atoms with Crippen molar-refractivity contribution in [2.75, 3.05) is 13.2 Å². The predicted molar refractivity (Wildman–Crippen MR) is 218 cm³/mol. The molecule has 3 saturated carbocycles. The summed E-state index contributed by atoms with van der Waals surface area (Å²) in [7, 11) is 0. The standard InChI is InChI=1S/C48H80O6/c1-34(2)16-15-17-35(3)41-25-26-42-40-24-21-36-32-38(27-29-47(36,6)43(40)28-30-48(41,42)7)52-44(49)19-12-10-8-9-11-18-37(53-45-20-13-14-31-50-45)22-23-39-33-51-46(4,5)54-39/h21-23,34-35,37-43,45H,8-20,24-33H2,1-7H3/b23-22+/t35-,37?,38+,39+,40+,41-,42+,43+,45?,47+,48-/m1/s1. The lowest BCUT2D eigenvalue weighted by Crippen LogP contribution is -2.51. The third kappa shape index (κ3) is 10.6. The van der Waals surface area contributed by atoms with Gasteiger partial charge >= 0.3 is 5.97 Å². The Morgan fingerprint density at radius 2 is 1.70 bits per heavy atom. The molecule has 5 fully saturated rings. The van der Waals surface area contributed by atoms with Crippen LogP contribution in [0.25, 0.3) is 0 Å². The molecule has 0 bridgehead atoms. The number of carbonyl (C=O) groups is 1. The van der Waals surface area contributed by atoms with Gasteiger partial charge in [-0.15, -0.1) is 0 Å². The largest absolute Gasteiger partial charge is 0.462 e. The van der Waals surface area contributed by atoms with Gasteiger partial charge in [0.2, 0.25) is 0 Å². The normalized spacial score (nSPS) is 37.4. The van der Waals surface area contributed by atoms with E-state index >= 15 is 0 Å². The summed E-state index contributed by atoms with van der Waals surface area (Å²) < 4.78 is 30.1. The Balaban J connectivity index is 0.893. The summed E-state index contributed by atoms with van der Waals surface area (Å²) in [4.78, 5) is 13.0. The highest BCUT2D eigenvalue weighted by Crippen LogP contribution is 2.67. The van der Waals surface area contributed by atoms with Crippen LogP contribution in [0.5, 0.6) is 0 Å². The second kappa shape index (κ2) is 19.0. The van der Waals surface area contributed by atoms with E-state index in [4.69, 9.17) is 23.7 Å². The molecule has 54 heavy (non-hydrogen) atoms. The van der Waals surface area contributed by atoms with E-state index in [0.717, 1.165) is 113 Å². The average molecular weight is 753 g/mol. The van der Waals surface area contributed by atoms with Crippen LogP contribution in [0.1, 0.15) is 183 Å². The zero-order valence-corrected chi connectivity index (χ0v) is 35.7. The summed E-state index contributed by atoms with van der Waals surface area (Å²) in [6, 6.07) is 0. The van der Waals surface area contributed by atoms with E-state index in [2.05, 4.69) is 52.8 Å². The number of esters is 1. The van der Waals surface area contributed by atoms with Gasteiger partial charge < -0.3 is 23.7 Å². The van der Waals surface area contributed by atoms with Crippen molar-refractivity contribution in [2.24, 2.45) is 46.3 Å². The van der Waals surface area contributed by atoms with Crippen molar-refractivity contribution in [3.8, 4) is 0 Å². The molecule has 6 heteroatoms. The maximum absolute atomic E-state index is 13.0. The molecule has 6 nitrogen and oxygen atoms in total. The van der Waals surface area contributed by atoms with Crippen molar-refractivity contribution >= 4 is 5.97 Å². The number of allylic oxidation sites excluding steroid dienone is 1. The molecule has 308 valence electrons. The SMILES string of the molecule is CC(C)CCC[C@@H](C)[C@H]1CC[C@H]2[C@@H]3CC=C4C[C@@H](OC(=O)CCCCCCCC(/C=C/[C@H]5COC(C)(C)O5)OC5CCCCO5)CC[C@]4(C)[C@H]3CC[C@]12C. The van der Waals surface area contributed by atoms with Gasteiger partial charge in [-0.25, -0.2) is 0 Å². The van der Waals surface area contributed by atoms with E-state index in [1.165, 1.54) is 57.8 Å². The van der Waals surface area contributed by atoms with Gasteiger partial charge in [0.1, 0.15) is 12.2 Å². The maximum atomic E-state index is 13.0. The summed E-state index contributed by atoms with van der Waals surface area (Å²) in [5, 5.41) is 0. The quantitative estimate of drug-likeness (QED) is 0.0789. The number of rotatable bonds is 18. The van der Waals surface area contributed by atoms with Gasteiger partial charge in [0.05, 0.1) is 12.7 Å². The molecule has 0 aromatic carbocycles. The number of hydrogen-bond acceptors (Lipinski definition) is 6. The summed E-state index contributed by atoms with van der Waals surface area (Å²) in [6.07, 6.45) is 31.3. The lowest BCUT2D eigenvalue weighted by Gasteiger charge is -2.58. The minimum Gasteiger partial charge on any atom is -0.462 e. The Hall–Kier alpha value is -1.21. The fourth-order valence-corrected chi connectivity index (χ4v) is 12.4. The van der Waals surface area contributed by atoms with E-state index < -0.39 is 5.79 Å². The fraction of sp³-hybridized carbons (Fsp3) is 0.896. The molecular weight excluding hydrogens is 673 g/mol. The fourth-order valence-electron chi connectivity index (χ4n) is 12.4. The molecule has 6 rings (SSSR count). The Morgan fingerprint density at radius 1 is 0.889 bits per heavy atom. The minimum atomic E-state index is -0.526. The first-order valence-corrected chi connectivity index (χ1v) is 23.0. The van der Waals surface area contributed by atoms with E-state index in [1.807, 2.05) is 13.8 Å². The van der Waals surface area contributed by atoms with Gasteiger partial charge in [-0.1, -0.05) is 103 Å². The number of fused-ring (bicyclic) bond motifs is 5. The Bertz CT molecular complexity index is 1250. The summed E-state index contributed by atoms with van der Waals surface area (Å²) in [6.45, 7) is 17.9. The number of ether oxygens (including phenoxy) is 5. The monoisotopic (exact) mass is 753 g/mol. The van der Waals surface area contributed by atoms with E-state index in [9.17, 15) is 4.79 Å². The first-order chi connectivity index (χ1) is 25.9. The van der Waals surface area contributed by atoms with Crippen LogP contribution in [0, 0.1) is 46.3 Å². The smallest absolute Gasteiger partial charge is 0.306 e. The highest BCUT2D eigenvalue weighted by Gasteiger charge is 2.59. The molecule has 2 aliphatic heterocycles. The van der Waals surface area contributed by atoms with Crippen LogP contribution in [-0.4, -0.2) is 49.6 Å². The zero-order chi connectivity index (χ0) is 38.3. The van der Waals surface area contributed by atoms with E-state index in [0.29, 0.717) is 23.9 Å². The zero-order valence-electron chi connectivity index (χ0n) is 35.7. The van der Waals surface area contributed by atoms with Gasteiger partial charge in [-0.05, 0) is 137 Å². The van der Waals surface area contributed by atoms with E-state index in [-0.39, 0.29) is 30.6 Å². The van der Waals surface area contributed by atoms with Crippen molar-refractivity contribution in [3.05, 3.63) is 23.8 Å². The number of carbonyl (C=O) groups excluding carboxylic acids is 1.